The van der Waals surface area contributed by atoms with Gasteiger partial charge in [-0.15, -0.1) is 0 Å². The first-order valence-corrected chi connectivity index (χ1v) is 6.26. The van der Waals surface area contributed by atoms with E-state index in [1.54, 1.807) is 24.3 Å². The number of aldehydes is 1. The van der Waals surface area contributed by atoms with E-state index in [1.807, 2.05) is 36.4 Å². The smallest absolute Gasteiger partial charge is 0.225 e. The Hall–Kier alpha value is -2.62. The Labute approximate surface area is 117 Å². The molecule has 0 N–H and O–H groups in total. The second-order valence-electron chi connectivity index (χ2n) is 4.23. The van der Waals surface area contributed by atoms with Crippen molar-refractivity contribution in [3.8, 4) is 0 Å². The zero-order chi connectivity index (χ0) is 14.2. The third kappa shape index (κ3) is 3.68. The van der Waals surface area contributed by atoms with E-state index in [0.717, 1.165) is 5.56 Å². The molecule has 0 saturated heterocycles. The quantitative estimate of drug-likeness (QED) is 0.458. The van der Waals surface area contributed by atoms with Crippen molar-refractivity contribution in [3.05, 3.63) is 71.8 Å². The Morgan fingerprint density at radius 1 is 1.00 bits per heavy atom. The van der Waals surface area contributed by atoms with Gasteiger partial charge in [-0.1, -0.05) is 60.7 Å². The molecule has 1 unspecified atom stereocenters. The second-order valence-corrected chi connectivity index (χ2v) is 4.23. The van der Waals surface area contributed by atoms with Crippen LogP contribution in [0.3, 0.4) is 0 Å². The Morgan fingerprint density at radius 2 is 1.60 bits per heavy atom. The molecule has 0 spiro atoms. The van der Waals surface area contributed by atoms with Gasteiger partial charge in [-0.2, -0.15) is 10.2 Å². The van der Waals surface area contributed by atoms with Crippen LogP contribution in [0.4, 0.5) is 0 Å². The lowest BCUT2D eigenvalue weighted by atomic mass is 10.0. The molecule has 0 heterocycles. The van der Waals surface area contributed by atoms with Gasteiger partial charge in [-0.05, 0) is 11.1 Å². The molecule has 4 heteroatoms. The average Bonchev–Trinajstić information content (AvgIpc) is 2.53. The van der Waals surface area contributed by atoms with Crippen molar-refractivity contribution in [3.63, 3.8) is 0 Å². The molecule has 4 nitrogen and oxygen atoms in total. The number of azo groups is 1. The Balaban J connectivity index is 2.13. The third-order valence-corrected chi connectivity index (χ3v) is 2.79. The lowest BCUT2D eigenvalue weighted by Crippen LogP contribution is -2.11. The minimum Gasteiger partial charge on any atom is -0.295 e. The molecule has 0 aliphatic carbocycles. The number of benzene rings is 2. The maximum Gasteiger partial charge on any atom is 0.225 e. The van der Waals surface area contributed by atoms with Crippen LogP contribution in [0.2, 0.25) is 0 Å². The maximum absolute atomic E-state index is 11.6. The van der Waals surface area contributed by atoms with Crippen LogP contribution < -0.4 is 0 Å². The van der Waals surface area contributed by atoms with E-state index in [2.05, 4.69) is 10.2 Å². The number of ketones is 1. The molecule has 0 saturated carbocycles. The summed E-state index contributed by atoms with van der Waals surface area (Å²) in [6.45, 7) is 0.385. The number of hydrogen-bond donors (Lipinski definition) is 0. The molecule has 2 aromatic rings. The summed E-state index contributed by atoms with van der Waals surface area (Å²) in [6.07, 6.45) is 0.291. The summed E-state index contributed by atoms with van der Waals surface area (Å²) in [7, 11) is 0. The lowest BCUT2D eigenvalue weighted by Gasteiger charge is -2.06. The molecule has 0 bridgehead atoms. The second kappa shape index (κ2) is 7.09. The van der Waals surface area contributed by atoms with Crippen LogP contribution in [0.1, 0.15) is 17.2 Å². The van der Waals surface area contributed by atoms with Crippen LogP contribution in [0.15, 0.2) is 70.9 Å². The molecule has 0 amide bonds. The van der Waals surface area contributed by atoms with Crippen molar-refractivity contribution in [2.45, 2.75) is 12.6 Å². The van der Waals surface area contributed by atoms with Gasteiger partial charge in [0, 0.05) is 0 Å². The Morgan fingerprint density at radius 3 is 2.20 bits per heavy atom. The molecule has 0 radical (unpaired) electrons. The molecule has 0 aliphatic rings. The first-order valence-electron chi connectivity index (χ1n) is 6.26. The summed E-state index contributed by atoms with van der Waals surface area (Å²) in [6, 6.07) is 17.7. The highest BCUT2D eigenvalue weighted by Gasteiger charge is 2.18. The highest BCUT2D eigenvalue weighted by atomic mass is 16.2. The van der Waals surface area contributed by atoms with Gasteiger partial charge in [0.15, 0.2) is 12.3 Å². The van der Waals surface area contributed by atoms with Gasteiger partial charge in [0.1, 0.15) is 0 Å². The number of carbonyl (C=O) groups excluding carboxylic acids is 2. The van der Waals surface area contributed by atoms with Crippen molar-refractivity contribution in [2.75, 3.05) is 0 Å². The molecule has 2 rings (SSSR count). The van der Waals surface area contributed by atoms with Crippen molar-refractivity contribution in [2.24, 2.45) is 10.2 Å². The zero-order valence-electron chi connectivity index (χ0n) is 10.8. The van der Waals surface area contributed by atoms with E-state index in [0.29, 0.717) is 18.4 Å². The first-order chi connectivity index (χ1) is 9.81. The molecule has 0 aliphatic heterocycles. The van der Waals surface area contributed by atoms with Gasteiger partial charge in [0.25, 0.3) is 0 Å². The van der Waals surface area contributed by atoms with Crippen molar-refractivity contribution in [1.82, 2.24) is 0 Å². The van der Waals surface area contributed by atoms with Gasteiger partial charge < -0.3 is 0 Å². The van der Waals surface area contributed by atoms with Crippen LogP contribution in [0.25, 0.3) is 0 Å². The topological polar surface area (TPSA) is 58.9 Å². The molecular formula is C16H14N2O2. The standard InChI is InChI=1S/C16H14N2O2/c19-12-15(20)16(14-9-5-2-6-10-14)18-17-11-13-7-3-1-4-8-13/h1-10,12,16H,11H2. The number of carbonyl (C=O) groups is 2. The predicted octanol–water partition coefficient (Wildman–Crippen LogP) is 3.15. The van der Waals surface area contributed by atoms with Gasteiger partial charge >= 0.3 is 0 Å². The fourth-order valence-electron chi connectivity index (χ4n) is 1.78. The molecule has 0 aromatic heterocycles. The van der Waals surface area contributed by atoms with Gasteiger partial charge in [-0.3, -0.25) is 9.59 Å². The largest absolute Gasteiger partial charge is 0.295 e. The number of rotatable bonds is 6. The summed E-state index contributed by atoms with van der Waals surface area (Å²) in [5.41, 5.74) is 1.67. The molecule has 0 fully saturated rings. The van der Waals surface area contributed by atoms with E-state index >= 15 is 0 Å². The first kappa shape index (κ1) is 13.8. The fraction of sp³-hybridized carbons (Fsp3) is 0.125. The Bertz CT molecular complexity index is 594. The van der Waals surface area contributed by atoms with Gasteiger partial charge in [-0.25, -0.2) is 0 Å². The summed E-state index contributed by atoms with van der Waals surface area (Å²) < 4.78 is 0. The monoisotopic (exact) mass is 266 g/mol. The molecule has 100 valence electrons. The number of hydrogen-bond acceptors (Lipinski definition) is 4. The van der Waals surface area contributed by atoms with Crippen molar-refractivity contribution >= 4 is 12.1 Å². The summed E-state index contributed by atoms with van der Waals surface area (Å²) in [5.74, 6) is -0.590. The van der Waals surface area contributed by atoms with Crippen molar-refractivity contribution < 1.29 is 9.59 Å². The Kier molecular flexibility index (Phi) is 4.89. The van der Waals surface area contributed by atoms with E-state index in [9.17, 15) is 9.59 Å². The van der Waals surface area contributed by atoms with E-state index in [4.69, 9.17) is 0 Å². The minimum atomic E-state index is -0.850. The predicted molar refractivity (Wildman–Crippen MR) is 75.3 cm³/mol. The van der Waals surface area contributed by atoms with Crippen LogP contribution in [-0.4, -0.2) is 12.1 Å². The van der Waals surface area contributed by atoms with Crippen LogP contribution >= 0.6 is 0 Å². The molecule has 2 aromatic carbocycles. The SMILES string of the molecule is O=CC(=O)C(N=NCc1ccccc1)c1ccccc1. The van der Waals surface area contributed by atoms with Crippen molar-refractivity contribution in [1.29, 1.82) is 0 Å². The number of nitrogens with zero attached hydrogens (tertiary/aromatic N) is 2. The maximum atomic E-state index is 11.6. The molecule has 1 atom stereocenters. The molecular weight excluding hydrogens is 252 g/mol. The lowest BCUT2D eigenvalue weighted by molar-refractivity contribution is -0.130. The summed E-state index contributed by atoms with van der Waals surface area (Å²) in [4.78, 5) is 22.3. The minimum absolute atomic E-state index is 0.291. The zero-order valence-corrected chi connectivity index (χ0v) is 10.8. The third-order valence-electron chi connectivity index (χ3n) is 2.79. The number of Topliss-reactive ketones (excluding diaryl/α,β-unsaturated/α-hetero) is 1. The summed E-state index contributed by atoms with van der Waals surface area (Å²) in [5, 5.41) is 8.04. The van der Waals surface area contributed by atoms with E-state index in [1.165, 1.54) is 0 Å². The fourth-order valence-corrected chi connectivity index (χ4v) is 1.78. The van der Waals surface area contributed by atoms with Gasteiger partial charge in [0.05, 0.1) is 6.54 Å². The van der Waals surface area contributed by atoms with E-state index < -0.39 is 11.8 Å². The highest BCUT2D eigenvalue weighted by Crippen LogP contribution is 2.18. The average molecular weight is 266 g/mol. The summed E-state index contributed by atoms with van der Waals surface area (Å²) >= 11 is 0. The van der Waals surface area contributed by atoms with Crippen LogP contribution in [-0.2, 0) is 16.1 Å². The molecule has 20 heavy (non-hydrogen) atoms. The van der Waals surface area contributed by atoms with Crippen LogP contribution in [0.5, 0.6) is 0 Å². The highest BCUT2D eigenvalue weighted by molar-refractivity contribution is 6.27. The van der Waals surface area contributed by atoms with Gasteiger partial charge in [0.2, 0.25) is 5.78 Å². The van der Waals surface area contributed by atoms with Crippen LogP contribution in [0, 0.1) is 0 Å². The normalized spacial score (nSPS) is 12.2. The van der Waals surface area contributed by atoms with E-state index in [-0.39, 0.29) is 0 Å².